The molecule has 6 heteroatoms. The van der Waals surface area contributed by atoms with Crippen LogP contribution in [0.2, 0.25) is 0 Å². The molecule has 2 aliphatic rings. The third-order valence-corrected chi connectivity index (χ3v) is 4.04. The molecular formula is C14H24N2O4. The van der Waals surface area contributed by atoms with E-state index in [9.17, 15) is 9.59 Å². The maximum Gasteiger partial charge on any atom is 0.323 e. The summed E-state index contributed by atoms with van der Waals surface area (Å²) in [4.78, 5) is 27.0. The van der Waals surface area contributed by atoms with Crippen LogP contribution in [0.4, 0.5) is 4.79 Å². The molecule has 0 aromatic carbocycles. The van der Waals surface area contributed by atoms with Gasteiger partial charge in [-0.05, 0) is 26.2 Å². The van der Waals surface area contributed by atoms with Gasteiger partial charge in [0.2, 0.25) is 0 Å². The molecule has 0 spiro atoms. The summed E-state index contributed by atoms with van der Waals surface area (Å²) in [5, 5.41) is 9.06. The molecule has 1 aliphatic heterocycles. The molecule has 1 heterocycles. The lowest BCUT2D eigenvalue weighted by atomic mass is 10.2. The van der Waals surface area contributed by atoms with Gasteiger partial charge in [-0.2, -0.15) is 0 Å². The lowest BCUT2D eigenvalue weighted by Gasteiger charge is -2.33. The largest absolute Gasteiger partial charge is 0.480 e. The minimum Gasteiger partial charge on any atom is -0.480 e. The summed E-state index contributed by atoms with van der Waals surface area (Å²) in [5.41, 5.74) is 0. The van der Waals surface area contributed by atoms with Gasteiger partial charge in [-0.25, -0.2) is 4.79 Å². The fourth-order valence-corrected chi connectivity index (χ4v) is 3.06. The fraction of sp³-hybridized carbons (Fsp3) is 0.857. The van der Waals surface area contributed by atoms with E-state index in [0.29, 0.717) is 19.7 Å². The SMILES string of the molecule is CC1CN(C(=O)N(CC(=O)O)C2CCCC2)CCCO1. The number of ether oxygens (including phenoxy) is 1. The van der Waals surface area contributed by atoms with Gasteiger partial charge in [-0.3, -0.25) is 4.79 Å². The number of aliphatic carboxylic acids is 1. The first-order valence-electron chi connectivity index (χ1n) is 7.47. The number of carboxylic acid groups (broad SMARTS) is 1. The molecule has 0 aromatic rings. The number of carboxylic acids is 1. The standard InChI is InChI=1S/C14H24N2O4/c1-11-9-15(7-4-8-20-11)14(19)16(10-13(17)18)12-5-2-3-6-12/h11-12H,2-10H2,1H3,(H,17,18). The lowest BCUT2D eigenvalue weighted by Crippen LogP contribution is -2.50. The van der Waals surface area contributed by atoms with E-state index in [2.05, 4.69) is 0 Å². The van der Waals surface area contributed by atoms with Crippen LogP contribution in [0.5, 0.6) is 0 Å². The maximum absolute atomic E-state index is 12.7. The highest BCUT2D eigenvalue weighted by Gasteiger charge is 2.32. The summed E-state index contributed by atoms with van der Waals surface area (Å²) in [5.74, 6) is -0.940. The zero-order valence-electron chi connectivity index (χ0n) is 12.1. The molecule has 1 aliphatic carbocycles. The van der Waals surface area contributed by atoms with Gasteiger partial charge in [0.05, 0.1) is 6.10 Å². The molecule has 0 bridgehead atoms. The molecule has 2 amide bonds. The van der Waals surface area contributed by atoms with E-state index >= 15 is 0 Å². The number of hydrogen-bond acceptors (Lipinski definition) is 3. The highest BCUT2D eigenvalue weighted by Crippen LogP contribution is 2.24. The average Bonchev–Trinajstić information content (AvgIpc) is 2.84. The van der Waals surface area contributed by atoms with Crippen LogP contribution in [0.25, 0.3) is 0 Å². The quantitative estimate of drug-likeness (QED) is 0.853. The van der Waals surface area contributed by atoms with Crippen molar-refractivity contribution >= 4 is 12.0 Å². The first-order chi connectivity index (χ1) is 9.58. The second kappa shape index (κ2) is 6.92. The molecule has 1 saturated heterocycles. The fourth-order valence-electron chi connectivity index (χ4n) is 3.06. The average molecular weight is 284 g/mol. The van der Waals surface area contributed by atoms with Crippen molar-refractivity contribution in [1.29, 1.82) is 0 Å². The van der Waals surface area contributed by atoms with Crippen molar-refractivity contribution in [1.82, 2.24) is 9.80 Å². The molecule has 1 atom stereocenters. The van der Waals surface area contributed by atoms with Crippen molar-refractivity contribution in [2.75, 3.05) is 26.2 Å². The summed E-state index contributed by atoms with van der Waals surface area (Å²) in [6.07, 6.45) is 4.80. The monoisotopic (exact) mass is 284 g/mol. The zero-order chi connectivity index (χ0) is 14.5. The van der Waals surface area contributed by atoms with Crippen LogP contribution >= 0.6 is 0 Å². The highest BCUT2D eigenvalue weighted by molar-refractivity contribution is 5.80. The highest BCUT2D eigenvalue weighted by atomic mass is 16.5. The molecule has 2 rings (SSSR count). The summed E-state index contributed by atoms with van der Waals surface area (Å²) >= 11 is 0. The van der Waals surface area contributed by atoms with Crippen molar-refractivity contribution in [3.05, 3.63) is 0 Å². The summed E-state index contributed by atoms with van der Waals surface area (Å²) < 4.78 is 5.54. The van der Waals surface area contributed by atoms with Gasteiger partial charge in [-0.1, -0.05) is 12.8 Å². The molecule has 0 aromatic heterocycles. The predicted octanol–water partition coefficient (Wildman–Crippen LogP) is 1.55. The summed E-state index contributed by atoms with van der Waals surface area (Å²) in [6.45, 7) is 3.60. The number of carbonyl (C=O) groups excluding carboxylic acids is 1. The molecule has 2 fully saturated rings. The van der Waals surface area contributed by atoms with Crippen molar-refractivity contribution < 1.29 is 19.4 Å². The van der Waals surface area contributed by atoms with E-state index in [1.54, 1.807) is 9.80 Å². The van der Waals surface area contributed by atoms with Gasteiger partial charge in [0, 0.05) is 25.7 Å². The molecule has 20 heavy (non-hydrogen) atoms. The van der Waals surface area contributed by atoms with Crippen LogP contribution in [0.1, 0.15) is 39.0 Å². The van der Waals surface area contributed by atoms with Crippen LogP contribution < -0.4 is 0 Å². The summed E-state index contributed by atoms with van der Waals surface area (Å²) in [6, 6.07) is -0.0604. The van der Waals surface area contributed by atoms with Crippen molar-refractivity contribution in [2.45, 2.75) is 51.2 Å². The van der Waals surface area contributed by atoms with Gasteiger partial charge in [0.1, 0.15) is 6.54 Å². The first-order valence-corrected chi connectivity index (χ1v) is 7.47. The van der Waals surface area contributed by atoms with Crippen molar-refractivity contribution in [3.63, 3.8) is 0 Å². The second-order valence-corrected chi connectivity index (χ2v) is 5.72. The number of nitrogens with zero attached hydrogens (tertiary/aromatic N) is 2. The number of hydrogen-bond donors (Lipinski definition) is 1. The molecule has 1 saturated carbocycles. The molecule has 1 N–H and O–H groups in total. The minimum atomic E-state index is -0.940. The van der Waals surface area contributed by atoms with Crippen LogP contribution in [0.15, 0.2) is 0 Å². The van der Waals surface area contributed by atoms with E-state index in [4.69, 9.17) is 9.84 Å². The Bertz CT molecular complexity index is 355. The van der Waals surface area contributed by atoms with E-state index in [-0.39, 0.29) is 24.7 Å². The maximum atomic E-state index is 12.7. The zero-order valence-corrected chi connectivity index (χ0v) is 12.1. The third kappa shape index (κ3) is 3.85. The second-order valence-electron chi connectivity index (χ2n) is 5.72. The number of rotatable bonds is 3. The molecule has 1 unspecified atom stereocenters. The van der Waals surface area contributed by atoms with Gasteiger partial charge in [-0.15, -0.1) is 0 Å². The molecular weight excluding hydrogens is 260 g/mol. The Labute approximate surface area is 119 Å². The Balaban J connectivity index is 2.05. The van der Waals surface area contributed by atoms with E-state index < -0.39 is 5.97 Å². The molecule has 0 radical (unpaired) electrons. The smallest absolute Gasteiger partial charge is 0.323 e. The Hall–Kier alpha value is -1.30. The Morgan fingerprint density at radius 2 is 2.00 bits per heavy atom. The number of carbonyl (C=O) groups is 2. The van der Waals surface area contributed by atoms with Crippen molar-refractivity contribution in [3.8, 4) is 0 Å². The minimum absolute atomic E-state index is 0.0108. The van der Waals surface area contributed by atoms with Crippen LogP contribution in [0, 0.1) is 0 Å². The molecule has 114 valence electrons. The first kappa shape index (κ1) is 15.1. The van der Waals surface area contributed by atoms with E-state index in [1.165, 1.54) is 0 Å². The number of amides is 2. The van der Waals surface area contributed by atoms with Gasteiger partial charge in [0.15, 0.2) is 0 Å². The van der Waals surface area contributed by atoms with Gasteiger partial charge in [0.25, 0.3) is 0 Å². The van der Waals surface area contributed by atoms with Gasteiger partial charge >= 0.3 is 12.0 Å². The molecule has 6 nitrogen and oxygen atoms in total. The lowest BCUT2D eigenvalue weighted by molar-refractivity contribution is -0.138. The Morgan fingerprint density at radius 1 is 1.30 bits per heavy atom. The topological polar surface area (TPSA) is 70.1 Å². The normalized spacial score (nSPS) is 24.4. The van der Waals surface area contributed by atoms with E-state index in [1.807, 2.05) is 6.92 Å². The van der Waals surface area contributed by atoms with Gasteiger partial charge < -0.3 is 19.6 Å². The van der Waals surface area contributed by atoms with Crippen molar-refractivity contribution in [2.24, 2.45) is 0 Å². The third-order valence-electron chi connectivity index (χ3n) is 4.04. The summed E-state index contributed by atoms with van der Waals surface area (Å²) in [7, 11) is 0. The van der Waals surface area contributed by atoms with Crippen LogP contribution in [-0.2, 0) is 9.53 Å². The van der Waals surface area contributed by atoms with Crippen LogP contribution in [-0.4, -0.2) is 65.3 Å². The Morgan fingerprint density at radius 3 is 2.65 bits per heavy atom. The van der Waals surface area contributed by atoms with E-state index in [0.717, 1.165) is 32.1 Å². The van der Waals surface area contributed by atoms with Crippen LogP contribution in [0.3, 0.4) is 0 Å². The predicted molar refractivity (Wildman–Crippen MR) is 73.6 cm³/mol. The number of urea groups is 1. The Kier molecular flexibility index (Phi) is 5.23.